The predicted octanol–water partition coefficient (Wildman–Crippen LogP) is 3.01. The molecule has 110 valence electrons. The van der Waals surface area contributed by atoms with Gasteiger partial charge in [0.25, 0.3) is 5.91 Å². The molecule has 0 aliphatic heterocycles. The van der Waals surface area contributed by atoms with Gasteiger partial charge in [0, 0.05) is 16.7 Å². The third-order valence-corrected chi connectivity index (χ3v) is 3.78. The molecule has 0 aliphatic carbocycles. The summed E-state index contributed by atoms with van der Waals surface area (Å²) in [6.07, 6.45) is 0.760. The third kappa shape index (κ3) is 4.23. The van der Waals surface area contributed by atoms with Gasteiger partial charge in [-0.15, -0.1) is 0 Å². The minimum atomic E-state index is -0.136. The van der Waals surface area contributed by atoms with E-state index in [1.54, 1.807) is 25.3 Å². The molecule has 0 fully saturated rings. The molecule has 0 radical (unpaired) electrons. The molecule has 0 aromatic heterocycles. The highest BCUT2D eigenvalue weighted by molar-refractivity contribution is 9.10. The average molecular weight is 349 g/mol. The van der Waals surface area contributed by atoms with Gasteiger partial charge < -0.3 is 15.8 Å². The van der Waals surface area contributed by atoms with Crippen molar-refractivity contribution in [3.63, 3.8) is 0 Å². The number of anilines is 1. The van der Waals surface area contributed by atoms with Crippen molar-refractivity contribution in [3.8, 4) is 5.75 Å². The maximum absolute atomic E-state index is 12.1. The lowest BCUT2D eigenvalue weighted by Crippen LogP contribution is -2.26. The smallest absolute Gasteiger partial charge is 0.252 e. The van der Waals surface area contributed by atoms with Gasteiger partial charge in [0.15, 0.2) is 0 Å². The Morgan fingerprint density at radius 1 is 1.24 bits per heavy atom. The quantitative estimate of drug-likeness (QED) is 0.816. The van der Waals surface area contributed by atoms with E-state index in [1.807, 2.05) is 24.3 Å². The molecule has 0 atom stereocenters. The zero-order valence-electron chi connectivity index (χ0n) is 11.7. The average Bonchev–Trinajstić information content (AvgIpc) is 2.50. The molecule has 0 saturated heterocycles. The fraction of sp³-hybridized carbons (Fsp3) is 0.188. The highest BCUT2D eigenvalue weighted by Gasteiger charge is 2.09. The number of halogens is 1. The highest BCUT2D eigenvalue weighted by Crippen LogP contribution is 2.19. The lowest BCUT2D eigenvalue weighted by molar-refractivity contribution is 0.0953. The standard InChI is InChI=1S/C16H17BrN2O2/c1-21-13-5-2-11(3-6-13)8-9-19-16(20)14-10-12(18)4-7-15(14)17/h2-7,10H,8-9,18H2,1H3,(H,19,20). The lowest BCUT2D eigenvalue weighted by atomic mass is 10.1. The number of amides is 1. The summed E-state index contributed by atoms with van der Waals surface area (Å²) in [5, 5.41) is 2.89. The van der Waals surface area contributed by atoms with Crippen molar-refractivity contribution in [1.82, 2.24) is 5.32 Å². The van der Waals surface area contributed by atoms with Crippen LogP contribution in [-0.4, -0.2) is 19.6 Å². The summed E-state index contributed by atoms with van der Waals surface area (Å²) >= 11 is 3.35. The molecular formula is C16H17BrN2O2. The van der Waals surface area contributed by atoms with Crippen LogP contribution in [0.2, 0.25) is 0 Å². The minimum absolute atomic E-state index is 0.136. The minimum Gasteiger partial charge on any atom is -0.497 e. The van der Waals surface area contributed by atoms with E-state index in [2.05, 4.69) is 21.2 Å². The molecule has 3 N–H and O–H groups in total. The molecule has 2 aromatic carbocycles. The molecule has 21 heavy (non-hydrogen) atoms. The fourth-order valence-corrected chi connectivity index (χ4v) is 2.35. The van der Waals surface area contributed by atoms with Crippen molar-refractivity contribution < 1.29 is 9.53 Å². The molecule has 1 amide bonds. The van der Waals surface area contributed by atoms with Gasteiger partial charge >= 0.3 is 0 Å². The maximum atomic E-state index is 12.1. The summed E-state index contributed by atoms with van der Waals surface area (Å²) in [7, 11) is 1.64. The van der Waals surface area contributed by atoms with E-state index < -0.39 is 0 Å². The van der Waals surface area contributed by atoms with Gasteiger partial charge in [0.1, 0.15) is 5.75 Å². The summed E-state index contributed by atoms with van der Waals surface area (Å²) in [6.45, 7) is 0.562. The zero-order valence-corrected chi connectivity index (χ0v) is 13.3. The van der Waals surface area contributed by atoms with Crippen molar-refractivity contribution in [3.05, 3.63) is 58.1 Å². The first-order valence-corrected chi connectivity index (χ1v) is 7.35. The number of nitrogens with one attached hydrogen (secondary N) is 1. The van der Waals surface area contributed by atoms with E-state index >= 15 is 0 Å². The van der Waals surface area contributed by atoms with Crippen LogP contribution < -0.4 is 15.8 Å². The van der Waals surface area contributed by atoms with E-state index in [4.69, 9.17) is 10.5 Å². The largest absolute Gasteiger partial charge is 0.497 e. The van der Waals surface area contributed by atoms with Gasteiger partial charge in [-0.2, -0.15) is 0 Å². The van der Waals surface area contributed by atoms with E-state index in [0.717, 1.165) is 22.2 Å². The van der Waals surface area contributed by atoms with E-state index in [0.29, 0.717) is 17.8 Å². The molecule has 5 heteroatoms. The van der Waals surface area contributed by atoms with E-state index in [9.17, 15) is 4.79 Å². The number of hydrogen-bond acceptors (Lipinski definition) is 3. The number of rotatable bonds is 5. The number of benzene rings is 2. The molecule has 0 bridgehead atoms. The number of methoxy groups -OCH3 is 1. The monoisotopic (exact) mass is 348 g/mol. The van der Waals surface area contributed by atoms with E-state index in [1.165, 1.54) is 0 Å². The molecule has 0 aliphatic rings. The lowest BCUT2D eigenvalue weighted by Gasteiger charge is -2.08. The van der Waals surface area contributed by atoms with Crippen LogP contribution in [0.25, 0.3) is 0 Å². The summed E-state index contributed by atoms with van der Waals surface area (Å²) in [6, 6.07) is 13.0. The van der Waals surface area contributed by atoms with Crippen LogP contribution in [-0.2, 0) is 6.42 Å². The SMILES string of the molecule is COc1ccc(CCNC(=O)c2cc(N)ccc2Br)cc1. The number of nitrogens with two attached hydrogens (primary N) is 1. The maximum Gasteiger partial charge on any atom is 0.252 e. The van der Waals surface area contributed by atoms with E-state index in [-0.39, 0.29) is 5.91 Å². The highest BCUT2D eigenvalue weighted by atomic mass is 79.9. The Morgan fingerprint density at radius 3 is 2.62 bits per heavy atom. The predicted molar refractivity (Wildman–Crippen MR) is 87.6 cm³/mol. The van der Waals surface area contributed by atoms with Crippen LogP contribution in [0.3, 0.4) is 0 Å². The van der Waals surface area contributed by atoms with Crippen LogP contribution in [0, 0.1) is 0 Å². The fourth-order valence-electron chi connectivity index (χ4n) is 1.92. The molecule has 0 spiro atoms. The topological polar surface area (TPSA) is 64.3 Å². The van der Waals surface area contributed by atoms with Crippen molar-refractivity contribution in [2.45, 2.75) is 6.42 Å². The molecule has 2 rings (SSSR count). The van der Waals surface area contributed by atoms with Crippen molar-refractivity contribution in [1.29, 1.82) is 0 Å². The van der Waals surface area contributed by atoms with Gasteiger partial charge in [-0.05, 0) is 58.2 Å². The molecule has 2 aromatic rings. The molecular weight excluding hydrogens is 332 g/mol. The number of carbonyl (C=O) groups is 1. The number of nitrogen functional groups attached to an aromatic ring is 1. The first-order valence-electron chi connectivity index (χ1n) is 6.56. The second-order valence-corrected chi connectivity index (χ2v) is 5.45. The molecule has 0 heterocycles. The second kappa shape index (κ2) is 7.13. The normalized spacial score (nSPS) is 10.2. The Kier molecular flexibility index (Phi) is 5.22. The molecule has 4 nitrogen and oxygen atoms in total. The zero-order chi connectivity index (χ0) is 15.2. The summed E-state index contributed by atoms with van der Waals surface area (Å²) in [4.78, 5) is 12.1. The van der Waals surface area contributed by atoms with Gasteiger partial charge in [-0.1, -0.05) is 12.1 Å². The van der Waals surface area contributed by atoms with Crippen LogP contribution in [0.1, 0.15) is 15.9 Å². The molecule has 0 unspecified atom stereocenters. The second-order valence-electron chi connectivity index (χ2n) is 4.59. The number of ether oxygens (including phenoxy) is 1. The van der Waals surface area contributed by atoms with Crippen molar-refractivity contribution in [2.75, 3.05) is 19.4 Å². The summed E-state index contributed by atoms with van der Waals surface area (Å²) in [5.41, 5.74) is 7.96. The number of hydrogen-bond donors (Lipinski definition) is 2. The summed E-state index contributed by atoms with van der Waals surface area (Å²) < 4.78 is 5.84. The number of carbonyl (C=O) groups excluding carboxylic acids is 1. The Bertz CT molecular complexity index is 627. The third-order valence-electron chi connectivity index (χ3n) is 3.09. The Morgan fingerprint density at radius 2 is 1.95 bits per heavy atom. The van der Waals surface area contributed by atoms with Crippen LogP contribution in [0.4, 0.5) is 5.69 Å². The Balaban J connectivity index is 1.90. The summed E-state index contributed by atoms with van der Waals surface area (Å²) in [5.74, 6) is 0.689. The van der Waals surface area contributed by atoms with Crippen LogP contribution >= 0.6 is 15.9 Å². The Labute approximate surface area is 132 Å². The van der Waals surface area contributed by atoms with Crippen molar-refractivity contribution >= 4 is 27.5 Å². The van der Waals surface area contributed by atoms with Gasteiger partial charge in [0.2, 0.25) is 0 Å². The van der Waals surface area contributed by atoms with Crippen molar-refractivity contribution in [2.24, 2.45) is 0 Å². The van der Waals surface area contributed by atoms with Gasteiger partial charge in [0.05, 0.1) is 12.7 Å². The molecule has 0 saturated carbocycles. The van der Waals surface area contributed by atoms with Gasteiger partial charge in [-0.25, -0.2) is 0 Å². The van der Waals surface area contributed by atoms with Crippen LogP contribution in [0.15, 0.2) is 46.9 Å². The first kappa shape index (κ1) is 15.4. The van der Waals surface area contributed by atoms with Gasteiger partial charge in [-0.3, -0.25) is 4.79 Å². The van der Waals surface area contributed by atoms with Crippen LogP contribution in [0.5, 0.6) is 5.75 Å². The Hall–Kier alpha value is -2.01. The first-order chi connectivity index (χ1) is 10.1.